The summed E-state index contributed by atoms with van der Waals surface area (Å²) in [6.45, 7) is 8.30. The van der Waals surface area contributed by atoms with Gasteiger partial charge in [-0.3, -0.25) is 10.1 Å². The molecule has 0 amide bonds. The van der Waals surface area contributed by atoms with Crippen molar-refractivity contribution in [2.45, 2.75) is 77.0 Å². The van der Waals surface area contributed by atoms with Gasteiger partial charge in [0, 0.05) is 12.6 Å². The van der Waals surface area contributed by atoms with Gasteiger partial charge in [-0.25, -0.2) is 13.1 Å². The quantitative estimate of drug-likeness (QED) is 0.315. The molecule has 0 heterocycles. The molecule has 2 N–H and O–H groups in total. The van der Waals surface area contributed by atoms with E-state index in [0.29, 0.717) is 30.5 Å². The van der Waals surface area contributed by atoms with Crippen molar-refractivity contribution in [3.8, 4) is 5.75 Å². The average molecular weight is 442 g/mol. The molecule has 2 rings (SSSR count). The predicted octanol–water partition coefficient (Wildman–Crippen LogP) is 4.46. The van der Waals surface area contributed by atoms with Crippen molar-refractivity contribution in [3.63, 3.8) is 0 Å². The Bertz CT molecular complexity index is 812. The molecule has 1 aromatic carbocycles. The Balaban J connectivity index is 1.88. The zero-order valence-corrected chi connectivity index (χ0v) is 19.3. The van der Waals surface area contributed by atoms with E-state index in [4.69, 9.17) is 4.74 Å². The fourth-order valence-corrected chi connectivity index (χ4v) is 4.40. The number of ether oxygens (including phenoxy) is 1. The summed E-state index contributed by atoms with van der Waals surface area (Å²) in [5, 5.41) is 14.7. The van der Waals surface area contributed by atoms with Gasteiger partial charge in [0.1, 0.15) is 11.4 Å². The molecule has 30 heavy (non-hydrogen) atoms. The number of benzene rings is 1. The fourth-order valence-electron chi connectivity index (χ4n) is 3.37. The number of anilines is 1. The van der Waals surface area contributed by atoms with Crippen molar-refractivity contribution < 1.29 is 18.1 Å². The van der Waals surface area contributed by atoms with Gasteiger partial charge in [-0.2, -0.15) is 0 Å². The van der Waals surface area contributed by atoms with Crippen molar-refractivity contribution in [1.82, 2.24) is 4.72 Å². The summed E-state index contributed by atoms with van der Waals surface area (Å²) in [6.07, 6.45) is 5.19. The summed E-state index contributed by atoms with van der Waals surface area (Å²) in [7, 11) is -3.35. The minimum Gasteiger partial charge on any atom is -0.493 e. The lowest BCUT2D eigenvalue weighted by atomic mass is 9.86. The van der Waals surface area contributed by atoms with Gasteiger partial charge in [0.05, 0.1) is 22.3 Å². The first-order chi connectivity index (χ1) is 14.0. The summed E-state index contributed by atoms with van der Waals surface area (Å²) >= 11 is 0. The van der Waals surface area contributed by atoms with Crippen LogP contribution in [-0.2, 0) is 10.0 Å². The third kappa shape index (κ3) is 6.84. The first-order valence-corrected chi connectivity index (χ1v) is 12.2. The summed E-state index contributed by atoms with van der Waals surface area (Å²) < 4.78 is 32.2. The van der Waals surface area contributed by atoms with E-state index in [0.717, 1.165) is 38.5 Å². The average Bonchev–Trinajstić information content (AvgIpc) is 2.67. The van der Waals surface area contributed by atoms with Gasteiger partial charge in [0.2, 0.25) is 10.0 Å². The van der Waals surface area contributed by atoms with E-state index < -0.39 is 19.7 Å². The van der Waals surface area contributed by atoms with E-state index >= 15 is 0 Å². The lowest BCUT2D eigenvalue weighted by Crippen LogP contribution is -2.46. The molecule has 8 nitrogen and oxygen atoms in total. The van der Waals surface area contributed by atoms with E-state index in [-0.39, 0.29) is 11.7 Å². The van der Waals surface area contributed by atoms with E-state index in [1.807, 2.05) is 0 Å². The molecule has 0 radical (unpaired) electrons. The molecule has 1 fully saturated rings. The van der Waals surface area contributed by atoms with Gasteiger partial charge in [-0.15, -0.1) is 0 Å². The largest absolute Gasteiger partial charge is 0.493 e. The van der Waals surface area contributed by atoms with Crippen LogP contribution in [0.1, 0.15) is 66.2 Å². The number of nitrogens with one attached hydrogen (secondary N) is 2. The van der Waals surface area contributed by atoms with Crippen LogP contribution >= 0.6 is 0 Å². The first-order valence-electron chi connectivity index (χ1n) is 10.7. The van der Waals surface area contributed by atoms with Crippen LogP contribution in [0.15, 0.2) is 18.2 Å². The Morgan fingerprint density at radius 1 is 1.20 bits per heavy atom. The van der Waals surface area contributed by atoms with Crippen LogP contribution < -0.4 is 14.8 Å². The summed E-state index contributed by atoms with van der Waals surface area (Å²) in [5.74, 6) is 0.854. The molecule has 1 aliphatic carbocycles. The highest BCUT2D eigenvalue weighted by atomic mass is 32.2. The van der Waals surface area contributed by atoms with Crippen molar-refractivity contribution in [1.29, 1.82) is 0 Å². The highest BCUT2D eigenvalue weighted by molar-refractivity contribution is 7.90. The minimum absolute atomic E-state index is 0.00983. The van der Waals surface area contributed by atoms with Crippen LogP contribution in [0.5, 0.6) is 5.75 Å². The SMILES string of the molecule is CCCCOc1ccc(NC[C@H]2CC[C@H](NS(=O)(=O)C(C)(C)C)CC2)c([N+](=O)[O-])c1. The maximum atomic E-state index is 12.3. The number of rotatable bonds is 10. The molecule has 0 bridgehead atoms. The van der Waals surface area contributed by atoms with Crippen LogP contribution in [0.25, 0.3) is 0 Å². The van der Waals surface area contributed by atoms with Crippen LogP contribution in [0, 0.1) is 16.0 Å². The predicted molar refractivity (Wildman–Crippen MR) is 120 cm³/mol. The number of hydrogen-bond acceptors (Lipinski definition) is 6. The van der Waals surface area contributed by atoms with Crippen molar-refractivity contribution in [2.24, 2.45) is 5.92 Å². The molecule has 0 atom stereocenters. The molecule has 9 heteroatoms. The number of hydrogen-bond donors (Lipinski definition) is 2. The number of nitrogens with zero attached hydrogens (tertiary/aromatic N) is 1. The van der Waals surface area contributed by atoms with E-state index in [2.05, 4.69) is 17.0 Å². The lowest BCUT2D eigenvalue weighted by molar-refractivity contribution is -0.384. The summed E-state index contributed by atoms with van der Waals surface area (Å²) in [5.41, 5.74) is 0.494. The highest BCUT2D eigenvalue weighted by Gasteiger charge is 2.32. The summed E-state index contributed by atoms with van der Waals surface area (Å²) in [6, 6.07) is 4.88. The molecule has 0 aromatic heterocycles. The minimum atomic E-state index is -3.35. The maximum Gasteiger partial charge on any atom is 0.296 e. The number of nitro groups is 1. The van der Waals surface area contributed by atoms with E-state index in [1.165, 1.54) is 6.07 Å². The molecular formula is C21H35N3O5S. The highest BCUT2D eigenvalue weighted by Crippen LogP contribution is 2.31. The normalized spacial score (nSPS) is 20.0. The van der Waals surface area contributed by atoms with Crippen molar-refractivity contribution in [3.05, 3.63) is 28.3 Å². The second kappa shape index (κ2) is 10.4. The van der Waals surface area contributed by atoms with Gasteiger partial charge in [0.25, 0.3) is 5.69 Å². The first kappa shape index (κ1) is 24.4. The Kier molecular flexibility index (Phi) is 8.49. The second-order valence-electron chi connectivity index (χ2n) is 8.97. The summed E-state index contributed by atoms with van der Waals surface area (Å²) in [4.78, 5) is 11.1. The third-order valence-corrected chi connectivity index (χ3v) is 7.74. The second-order valence-corrected chi connectivity index (χ2v) is 11.4. The van der Waals surface area contributed by atoms with Crippen molar-refractivity contribution in [2.75, 3.05) is 18.5 Å². The fraction of sp³-hybridized carbons (Fsp3) is 0.714. The molecule has 0 saturated heterocycles. The van der Waals surface area contributed by atoms with Gasteiger partial charge >= 0.3 is 0 Å². The molecular weight excluding hydrogens is 406 g/mol. The number of sulfonamides is 1. The molecule has 170 valence electrons. The van der Waals surface area contributed by atoms with Gasteiger partial charge < -0.3 is 10.1 Å². The monoisotopic (exact) mass is 441 g/mol. The molecule has 0 spiro atoms. The molecule has 1 aromatic rings. The van der Waals surface area contributed by atoms with Crippen LogP contribution in [0.2, 0.25) is 0 Å². The molecule has 1 saturated carbocycles. The van der Waals surface area contributed by atoms with Crippen LogP contribution in [0.3, 0.4) is 0 Å². The van der Waals surface area contributed by atoms with Crippen molar-refractivity contribution >= 4 is 21.4 Å². The zero-order valence-electron chi connectivity index (χ0n) is 18.4. The molecule has 1 aliphatic rings. The Hall–Kier alpha value is -1.87. The standard InChI is InChI=1S/C21H35N3O5S/c1-5-6-13-29-18-11-12-19(20(14-18)24(25)26)22-15-16-7-9-17(10-8-16)23-30(27,28)21(2,3)4/h11-12,14,16-17,22-23H,5-10,13,15H2,1-4H3/t16-,17-. The number of nitro benzene ring substituents is 1. The Morgan fingerprint density at radius 3 is 2.43 bits per heavy atom. The number of unbranched alkanes of at least 4 members (excludes halogenated alkanes) is 1. The van der Waals surface area contributed by atoms with Crippen LogP contribution in [0.4, 0.5) is 11.4 Å². The lowest BCUT2D eigenvalue weighted by Gasteiger charge is -2.31. The molecule has 0 aliphatic heterocycles. The smallest absolute Gasteiger partial charge is 0.296 e. The maximum absolute atomic E-state index is 12.3. The van der Waals surface area contributed by atoms with Crippen LogP contribution in [-0.4, -0.2) is 37.3 Å². The Morgan fingerprint density at radius 2 is 1.87 bits per heavy atom. The molecule has 0 unspecified atom stereocenters. The zero-order chi connectivity index (χ0) is 22.4. The van der Waals surface area contributed by atoms with Gasteiger partial charge in [-0.1, -0.05) is 13.3 Å². The van der Waals surface area contributed by atoms with E-state index in [1.54, 1.807) is 32.9 Å². The van der Waals surface area contributed by atoms with E-state index in [9.17, 15) is 18.5 Å². The third-order valence-electron chi connectivity index (χ3n) is 5.49. The van der Waals surface area contributed by atoms with Gasteiger partial charge in [0.15, 0.2) is 0 Å². The topological polar surface area (TPSA) is 111 Å². The van der Waals surface area contributed by atoms with Gasteiger partial charge in [-0.05, 0) is 70.9 Å². The Labute approximate surface area is 180 Å².